The second-order valence-corrected chi connectivity index (χ2v) is 6.18. The second kappa shape index (κ2) is 8.44. The Hall–Kier alpha value is -2.93. The number of nitrogens with one attached hydrogen (secondary N) is 1. The van der Waals surface area contributed by atoms with Crippen molar-refractivity contribution in [3.05, 3.63) is 59.9 Å². The van der Waals surface area contributed by atoms with Crippen molar-refractivity contribution in [3.63, 3.8) is 0 Å². The quantitative estimate of drug-likeness (QED) is 0.627. The van der Waals surface area contributed by atoms with E-state index in [1.165, 1.54) is 0 Å². The van der Waals surface area contributed by atoms with Crippen LogP contribution in [0.25, 0.3) is 0 Å². The van der Waals surface area contributed by atoms with Gasteiger partial charge in [0.1, 0.15) is 0 Å². The number of benzene rings is 1. The summed E-state index contributed by atoms with van der Waals surface area (Å²) in [6.07, 6.45) is 4.03. The van der Waals surface area contributed by atoms with Gasteiger partial charge in [0, 0.05) is 50.7 Å². The first-order chi connectivity index (χ1) is 12.7. The lowest BCUT2D eigenvalue weighted by Crippen LogP contribution is -2.49. The lowest BCUT2D eigenvalue weighted by Gasteiger charge is -2.37. The molecule has 0 radical (unpaired) electrons. The van der Waals surface area contributed by atoms with E-state index in [1.807, 2.05) is 29.2 Å². The van der Waals surface area contributed by atoms with Crippen molar-refractivity contribution in [2.75, 3.05) is 31.1 Å². The van der Waals surface area contributed by atoms with E-state index in [2.05, 4.69) is 9.88 Å². The van der Waals surface area contributed by atoms with Crippen LogP contribution < -0.4 is 10.4 Å². The van der Waals surface area contributed by atoms with Crippen molar-refractivity contribution in [2.45, 2.75) is 12.8 Å². The Balaban J connectivity index is 1.63. The summed E-state index contributed by atoms with van der Waals surface area (Å²) in [6.45, 7) is 2.74. The van der Waals surface area contributed by atoms with Gasteiger partial charge >= 0.3 is 0 Å². The van der Waals surface area contributed by atoms with Crippen LogP contribution in [-0.2, 0) is 11.2 Å². The molecule has 26 heavy (non-hydrogen) atoms. The van der Waals surface area contributed by atoms with Crippen molar-refractivity contribution in [1.29, 1.82) is 0 Å². The third-order valence-electron chi connectivity index (χ3n) is 4.55. The van der Waals surface area contributed by atoms with Gasteiger partial charge in [0.2, 0.25) is 5.91 Å². The van der Waals surface area contributed by atoms with Crippen LogP contribution in [0.1, 0.15) is 22.3 Å². The topological polar surface area (TPSA) is 85.8 Å². The zero-order chi connectivity index (χ0) is 18.4. The van der Waals surface area contributed by atoms with Crippen molar-refractivity contribution in [1.82, 2.24) is 15.4 Å². The number of aromatic nitrogens is 1. The van der Waals surface area contributed by atoms with Gasteiger partial charge < -0.3 is 9.80 Å². The average Bonchev–Trinajstić information content (AvgIpc) is 2.72. The van der Waals surface area contributed by atoms with Crippen molar-refractivity contribution in [2.24, 2.45) is 0 Å². The second-order valence-electron chi connectivity index (χ2n) is 6.18. The molecule has 0 aliphatic carbocycles. The van der Waals surface area contributed by atoms with Crippen molar-refractivity contribution < 1.29 is 14.8 Å². The SMILES string of the molecule is O=C(CCc1ccccc1N1CCN(C(=O)c2cccnc2)CC1)NO. The number of carbonyl (C=O) groups is 2. The molecule has 2 heterocycles. The monoisotopic (exact) mass is 354 g/mol. The molecule has 0 spiro atoms. The summed E-state index contributed by atoms with van der Waals surface area (Å²) in [7, 11) is 0. The van der Waals surface area contributed by atoms with E-state index < -0.39 is 5.91 Å². The third-order valence-corrected chi connectivity index (χ3v) is 4.55. The fourth-order valence-electron chi connectivity index (χ4n) is 3.16. The lowest BCUT2D eigenvalue weighted by atomic mass is 10.1. The number of anilines is 1. The van der Waals surface area contributed by atoms with Crippen LogP contribution in [0.5, 0.6) is 0 Å². The van der Waals surface area contributed by atoms with Gasteiger partial charge in [-0.15, -0.1) is 0 Å². The Morgan fingerprint density at radius 3 is 2.54 bits per heavy atom. The number of pyridine rings is 1. The van der Waals surface area contributed by atoms with Crippen LogP contribution >= 0.6 is 0 Å². The Morgan fingerprint density at radius 2 is 1.85 bits per heavy atom. The van der Waals surface area contributed by atoms with Gasteiger partial charge in [-0.3, -0.25) is 19.8 Å². The normalized spacial score (nSPS) is 14.2. The molecule has 136 valence electrons. The van der Waals surface area contributed by atoms with E-state index in [9.17, 15) is 9.59 Å². The molecule has 1 aliphatic rings. The van der Waals surface area contributed by atoms with Gasteiger partial charge in [-0.2, -0.15) is 0 Å². The molecule has 0 atom stereocenters. The van der Waals surface area contributed by atoms with Gasteiger partial charge in [0.05, 0.1) is 5.56 Å². The molecular weight excluding hydrogens is 332 g/mol. The molecule has 1 aromatic heterocycles. The molecule has 1 aliphatic heterocycles. The lowest BCUT2D eigenvalue weighted by molar-refractivity contribution is -0.129. The summed E-state index contributed by atoms with van der Waals surface area (Å²) in [6, 6.07) is 11.5. The first kappa shape index (κ1) is 17.9. The maximum absolute atomic E-state index is 12.5. The highest BCUT2D eigenvalue weighted by Gasteiger charge is 2.23. The number of aryl methyl sites for hydroxylation is 1. The predicted octanol–water partition coefficient (Wildman–Crippen LogP) is 1.48. The average molecular weight is 354 g/mol. The van der Waals surface area contributed by atoms with Crippen LogP contribution in [0.3, 0.4) is 0 Å². The molecule has 7 heteroatoms. The number of carbonyl (C=O) groups excluding carboxylic acids is 2. The number of rotatable bonds is 5. The first-order valence-electron chi connectivity index (χ1n) is 8.64. The Morgan fingerprint density at radius 1 is 1.08 bits per heavy atom. The number of piperazine rings is 1. The zero-order valence-corrected chi connectivity index (χ0v) is 14.5. The molecule has 1 aromatic carbocycles. The summed E-state index contributed by atoms with van der Waals surface area (Å²) < 4.78 is 0. The van der Waals surface area contributed by atoms with E-state index in [4.69, 9.17) is 5.21 Å². The van der Waals surface area contributed by atoms with Gasteiger partial charge in [-0.1, -0.05) is 18.2 Å². The number of hydroxylamine groups is 1. The maximum Gasteiger partial charge on any atom is 0.255 e. The van der Waals surface area contributed by atoms with Gasteiger partial charge in [-0.25, -0.2) is 5.48 Å². The van der Waals surface area contributed by atoms with Crippen LogP contribution in [0.15, 0.2) is 48.8 Å². The summed E-state index contributed by atoms with van der Waals surface area (Å²) in [5.41, 5.74) is 4.41. The zero-order valence-electron chi connectivity index (χ0n) is 14.5. The fourth-order valence-corrected chi connectivity index (χ4v) is 3.16. The molecule has 1 saturated heterocycles. The Bertz CT molecular complexity index is 758. The molecule has 3 rings (SSSR count). The molecule has 0 unspecified atom stereocenters. The number of nitrogens with zero attached hydrogens (tertiary/aromatic N) is 3. The smallest absolute Gasteiger partial charge is 0.255 e. The fraction of sp³-hybridized carbons (Fsp3) is 0.316. The Kier molecular flexibility index (Phi) is 5.80. The third kappa shape index (κ3) is 4.18. The molecule has 2 N–H and O–H groups in total. The van der Waals surface area contributed by atoms with E-state index in [-0.39, 0.29) is 12.3 Å². The molecule has 0 bridgehead atoms. The molecule has 1 fully saturated rings. The van der Waals surface area contributed by atoms with Crippen LogP contribution in [0, 0.1) is 0 Å². The minimum atomic E-state index is -0.397. The summed E-state index contributed by atoms with van der Waals surface area (Å²) in [4.78, 5) is 31.9. The summed E-state index contributed by atoms with van der Waals surface area (Å²) >= 11 is 0. The molecule has 0 saturated carbocycles. The molecule has 2 aromatic rings. The van der Waals surface area contributed by atoms with Gasteiger partial charge in [0.25, 0.3) is 5.91 Å². The summed E-state index contributed by atoms with van der Waals surface area (Å²) in [5, 5.41) is 8.65. The van der Waals surface area contributed by atoms with Crippen molar-refractivity contribution in [3.8, 4) is 0 Å². The minimum absolute atomic E-state index is 0.00523. The first-order valence-corrected chi connectivity index (χ1v) is 8.64. The van der Waals surface area contributed by atoms with E-state index in [0.717, 1.165) is 24.3 Å². The van der Waals surface area contributed by atoms with E-state index in [1.54, 1.807) is 30.0 Å². The number of hydrogen-bond acceptors (Lipinski definition) is 5. The standard InChI is InChI=1S/C19H22N4O3/c24-18(21-26)8-7-15-4-1-2-6-17(15)22-10-12-23(13-11-22)19(25)16-5-3-9-20-14-16/h1-6,9,14,26H,7-8,10-13H2,(H,21,24). The van der Waals surface area contributed by atoms with E-state index in [0.29, 0.717) is 25.1 Å². The van der Waals surface area contributed by atoms with Crippen LogP contribution in [0.2, 0.25) is 0 Å². The highest BCUT2D eigenvalue weighted by atomic mass is 16.5. The molecule has 7 nitrogen and oxygen atoms in total. The molecule has 2 amide bonds. The highest BCUT2D eigenvalue weighted by molar-refractivity contribution is 5.94. The van der Waals surface area contributed by atoms with E-state index >= 15 is 0 Å². The largest absolute Gasteiger partial charge is 0.368 e. The van der Waals surface area contributed by atoms with Gasteiger partial charge in [0.15, 0.2) is 0 Å². The Labute approximate surface area is 152 Å². The molecular formula is C19H22N4O3. The maximum atomic E-state index is 12.5. The summed E-state index contributed by atoms with van der Waals surface area (Å²) in [5.74, 6) is -0.391. The number of amides is 2. The van der Waals surface area contributed by atoms with Crippen LogP contribution in [-0.4, -0.2) is 53.1 Å². The van der Waals surface area contributed by atoms with Crippen LogP contribution in [0.4, 0.5) is 5.69 Å². The number of para-hydroxylation sites is 1. The number of hydrogen-bond donors (Lipinski definition) is 2. The highest BCUT2D eigenvalue weighted by Crippen LogP contribution is 2.23. The van der Waals surface area contributed by atoms with Crippen molar-refractivity contribution >= 4 is 17.5 Å². The predicted molar refractivity (Wildman–Crippen MR) is 97.0 cm³/mol. The minimum Gasteiger partial charge on any atom is -0.368 e. The van der Waals surface area contributed by atoms with Gasteiger partial charge in [-0.05, 0) is 30.2 Å².